The summed E-state index contributed by atoms with van der Waals surface area (Å²) in [5, 5.41) is 12.9. The Labute approximate surface area is 213 Å². The number of carbonyl (C=O) groups is 2. The lowest BCUT2D eigenvalue weighted by Gasteiger charge is -2.43. The number of esters is 1. The van der Waals surface area contributed by atoms with E-state index in [0.717, 1.165) is 48.2 Å². The van der Waals surface area contributed by atoms with Crippen LogP contribution in [0.25, 0.3) is 0 Å². The Morgan fingerprint density at radius 2 is 2.03 bits per heavy atom. The van der Waals surface area contributed by atoms with Crippen molar-refractivity contribution in [2.24, 2.45) is 11.1 Å². The second-order valence-electron chi connectivity index (χ2n) is 10.2. The van der Waals surface area contributed by atoms with E-state index in [2.05, 4.69) is 19.9 Å². The van der Waals surface area contributed by atoms with E-state index in [4.69, 9.17) is 10.5 Å². The van der Waals surface area contributed by atoms with E-state index in [1.807, 2.05) is 22.4 Å². The molecule has 1 aliphatic heterocycles. The number of nitrogens with zero attached hydrogens (tertiary/aromatic N) is 2. The van der Waals surface area contributed by atoms with Gasteiger partial charge in [-0.15, -0.1) is 22.7 Å². The Morgan fingerprint density at radius 1 is 1.26 bits per heavy atom. The van der Waals surface area contributed by atoms with Gasteiger partial charge in [-0.25, -0.2) is 4.79 Å². The molecule has 0 saturated heterocycles. The SMILES string of the molecule is COC(=O)c1c(N2C(N)=C(C#N)C(c3cccs3)C3=C2CC(C)(C)CC3=O)sc2c1CCCCC2. The first-order valence-corrected chi connectivity index (χ1v) is 13.7. The van der Waals surface area contributed by atoms with Crippen LogP contribution in [0.4, 0.5) is 5.00 Å². The minimum atomic E-state index is -0.478. The van der Waals surface area contributed by atoms with Crippen molar-refractivity contribution in [3.8, 4) is 6.07 Å². The van der Waals surface area contributed by atoms with Gasteiger partial charge >= 0.3 is 5.97 Å². The standard InChI is InChI=1S/C27H29N3O3S2/c1-27(2)12-17-23(18(31)13-27)21(20-10-7-11-34-20)16(14-28)24(29)30(17)25-22(26(32)33-3)15-8-5-4-6-9-19(15)35-25/h7,10-11,21H,4-6,8-9,12-13,29H2,1-3H3. The van der Waals surface area contributed by atoms with Gasteiger partial charge in [-0.2, -0.15) is 5.26 Å². The molecule has 1 unspecified atom stereocenters. The van der Waals surface area contributed by atoms with Gasteiger partial charge in [0.2, 0.25) is 0 Å². The van der Waals surface area contributed by atoms with Crippen LogP contribution >= 0.6 is 22.7 Å². The minimum absolute atomic E-state index is 0.0395. The summed E-state index contributed by atoms with van der Waals surface area (Å²) in [5.41, 5.74) is 9.90. The highest BCUT2D eigenvalue weighted by atomic mass is 32.1. The van der Waals surface area contributed by atoms with Crippen LogP contribution in [0.3, 0.4) is 0 Å². The number of aryl methyl sites for hydroxylation is 1. The first-order chi connectivity index (χ1) is 16.8. The molecule has 5 rings (SSSR count). The number of fused-ring (bicyclic) bond motifs is 1. The Kier molecular flexibility index (Phi) is 6.10. The molecule has 0 aromatic carbocycles. The Balaban J connectivity index is 1.80. The van der Waals surface area contributed by atoms with Gasteiger partial charge in [0.25, 0.3) is 0 Å². The maximum absolute atomic E-state index is 13.7. The molecule has 2 aliphatic carbocycles. The number of anilines is 1. The molecule has 182 valence electrons. The third kappa shape index (κ3) is 3.91. The average Bonchev–Trinajstić information content (AvgIpc) is 3.40. The zero-order valence-corrected chi connectivity index (χ0v) is 21.9. The lowest BCUT2D eigenvalue weighted by molar-refractivity contribution is -0.118. The zero-order chi connectivity index (χ0) is 24.9. The van der Waals surface area contributed by atoms with Gasteiger partial charge in [-0.3, -0.25) is 9.69 Å². The summed E-state index contributed by atoms with van der Waals surface area (Å²) in [7, 11) is 1.40. The second-order valence-corrected chi connectivity index (χ2v) is 12.3. The van der Waals surface area contributed by atoms with E-state index in [9.17, 15) is 14.9 Å². The molecule has 3 heterocycles. The number of ketones is 1. The largest absolute Gasteiger partial charge is 0.465 e. The zero-order valence-electron chi connectivity index (χ0n) is 20.3. The molecule has 0 saturated carbocycles. The van der Waals surface area contributed by atoms with Gasteiger partial charge in [-0.05, 0) is 54.5 Å². The fourth-order valence-corrected chi connectivity index (χ4v) is 7.94. The van der Waals surface area contributed by atoms with E-state index in [1.165, 1.54) is 23.3 Å². The number of thiophene rings is 2. The quantitative estimate of drug-likeness (QED) is 0.416. The summed E-state index contributed by atoms with van der Waals surface area (Å²) in [6.45, 7) is 4.16. The Hall–Kier alpha value is -2.89. The van der Waals surface area contributed by atoms with E-state index in [1.54, 1.807) is 11.3 Å². The molecule has 1 atom stereocenters. The number of ether oxygens (including phenoxy) is 1. The Bertz CT molecular complexity index is 1310. The molecule has 0 amide bonds. The van der Waals surface area contributed by atoms with Crippen molar-refractivity contribution in [3.05, 3.63) is 61.1 Å². The van der Waals surface area contributed by atoms with Gasteiger partial charge in [0.05, 0.1) is 30.2 Å². The number of rotatable bonds is 3. The number of hydrogen-bond acceptors (Lipinski definition) is 8. The molecule has 0 fully saturated rings. The molecule has 6 nitrogen and oxygen atoms in total. The van der Waals surface area contributed by atoms with Gasteiger partial charge in [0.15, 0.2) is 5.78 Å². The van der Waals surface area contributed by atoms with Crippen LogP contribution in [0.1, 0.15) is 77.5 Å². The minimum Gasteiger partial charge on any atom is -0.465 e. The molecule has 2 aromatic rings. The smallest absolute Gasteiger partial charge is 0.341 e. The van der Waals surface area contributed by atoms with Crippen LogP contribution in [0.2, 0.25) is 0 Å². The van der Waals surface area contributed by atoms with E-state index >= 15 is 0 Å². The Morgan fingerprint density at radius 3 is 2.71 bits per heavy atom. The summed E-state index contributed by atoms with van der Waals surface area (Å²) < 4.78 is 5.24. The van der Waals surface area contributed by atoms with E-state index < -0.39 is 11.9 Å². The van der Waals surface area contributed by atoms with Gasteiger partial charge in [-0.1, -0.05) is 26.3 Å². The fraction of sp³-hybridized carbons (Fsp3) is 0.444. The van der Waals surface area contributed by atoms with Gasteiger partial charge in [0, 0.05) is 27.4 Å². The second kappa shape index (κ2) is 8.96. The highest BCUT2D eigenvalue weighted by Crippen LogP contribution is 2.53. The third-order valence-electron chi connectivity index (χ3n) is 7.20. The van der Waals surface area contributed by atoms with Crippen LogP contribution in [-0.2, 0) is 22.4 Å². The van der Waals surface area contributed by atoms with Crippen LogP contribution in [0.15, 0.2) is 40.2 Å². The normalized spacial score (nSPS) is 21.8. The number of Topliss-reactive ketones (excluding diaryl/α,β-unsaturated/α-hetero) is 1. The molecule has 8 heteroatoms. The van der Waals surface area contributed by atoms with Crippen molar-refractivity contribution in [1.29, 1.82) is 5.26 Å². The van der Waals surface area contributed by atoms with Crippen LogP contribution in [-0.4, -0.2) is 18.9 Å². The molecule has 0 bridgehead atoms. The third-order valence-corrected chi connectivity index (χ3v) is 9.42. The lowest BCUT2D eigenvalue weighted by atomic mass is 9.70. The molecule has 2 aromatic heterocycles. The van der Waals surface area contributed by atoms with Crippen molar-refractivity contribution in [3.63, 3.8) is 0 Å². The molecule has 3 aliphatic rings. The van der Waals surface area contributed by atoms with Gasteiger partial charge in [0.1, 0.15) is 10.8 Å². The van der Waals surface area contributed by atoms with Crippen LogP contribution in [0, 0.1) is 16.7 Å². The van der Waals surface area contributed by atoms with Gasteiger partial charge < -0.3 is 10.5 Å². The van der Waals surface area contributed by atoms with E-state index in [-0.39, 0.29) is 11.2 Å². The number of nitriles is 1. The summed E-state index contributed by atoms with van der Waals surface area (Å²) in [6.07, 6.45) is 5.96. The topological polar surface area (TPSA) is 96.4 Å². The van der Waals surface area contributed by atoms with E-state index in [0.29, 0.717) is 40.4 Å². The first kappa shape index (κ1) is 23.8. The number of nitrogens with two attached hydrogens (primary N) is 1. The van der Waals surface area contributed by atoms with Crippen molar-refractivity contribution < 1.29 is 14.3 Å². The van der Waals surface area contributed by atoms with Crippen molar-refractivity contribution >= 4 is 39.4 Å². The maximum atomic E-state index is 13.7. The molecule has 0 radical (unpaired) electrons. The number of hydrogen-bond donors (Lipinski definition) is 1. The summed E-state index contributed by atoms with van der Waals surface area (Å²) in [6, 6.07) is 6.21. The number of methoxy groups -OCH3 is 1. The molecule has 0 spiro atoms. The lowest BCUT2D eigenvalue weighted by Crippen LogP contribution is -2.42. The highest BCUT2D eigenvalue weighted by molar-refractivity contribution is 7.16. The monoisotopic (exact) mass is 507 g/mol. The predicted molar refractivity (Wildman–Crippen MR) is 138 cm³/mol. The van der Waals surface area contributed by atoms with Crippen LogP contribution < -0.4 is 10.6 Å². The molecular formula is C27H29N3O3S2. The number of allylic oxidation sites excluding steroid dienone is 3. The van der Waals surface area contributed by atoms with Crippen molar-refractivity contribution in [2.45, 2.75) is 64.7 Å². The first-order valence-electron chi connectivity index (χ1n) is 12.0. The molecular weight excluding hydrogens is 478 g/mol. The predicted octanol–water partition coefficient (Wildman–Crippen LogP) is 5.81. The summed E-state index contributed by atoms with van der Waals surface area (Å²) in [5.74, 6) is -0.529. The van der Waals surface area contributed by atoms with Crippen LogP contribution in [0.5, 0.6) is 0 Å². The van der Waals surface area contributed by atoms with Crippen molar-refractivity contribution in [1.82, 2.24) is 0 Å². The maximum Gasteiger partial charge on any atom is 0.341 e. The molecule has 2 N–H and O–H groups in total. The summed E-state index contributed by atoms with van der Waals surface area (Å²) in [4.78, 5) is 30.8. The highest BCUT2D eigenvalue weighted by Gasteiger charge is 2.46. The fourth-order valence-electron chi connectivity index (χ4n) is 5.68. The average molecular weight is 508 g/mol. The number of carbonyl (C=O) groups excluding carboxylic acids is 2. The molecule has 35 heavy (non-hydrogen) atoms. The summed E-state index contributed by atoms with van der Waals surface area (Å²) >= 11 is 3.08. The van der Waals surface area contributed by atoms with Crippen molar-refractivity contribution in [2.75, 3.05) is 12.0 Å².